The zero-order chi connectivity index (χ0) is 8.97. The van der Waals surface area contributed by atoms with E-state index in [1.807, 2.05) is 13.8 Å². The molecule has 0 saturated heterocycles. The molecule has 3 heteroatoms. The Morgan fingerprint density at radius 1 is 1.25 bits per heavy atom. The number of hydrogen-bond donors (Lipinski definition) is 0. The smallest absolute Gasteiger partial charge is 0.119 e. The topological polar surface area (TPSA) is 38.7 Å². The number of hydrogen-bond acceptors (Lipinski definition) is 3. The highest BCUT2D eigenvalue weighted by atomic mass is 16.5. The van der Waals surface area contributed by atoms with Crippen molar-refractivity contribution >= 4 is 5.69 Å². The lowest BCUT2D eigenvalue weighted by molar-refractivity contribution is 0.242. The summed E-state index contributed by atoms with van der Waals surface area (Å²) in [5.74, 6) is 0.761. The third-order valence-corrected chi connectivity index (χ3v) is 1.31. The molecule has 0 radical (unpaired) electrons. The van der Waals surface area contributed by atoms with E-state index in [0.717, 1.165) is 5.75 Å². The van der Waals surface area contributed by atoms with Crippen molar-refractivity contribution in [2.45, 2.75) is 20.0 Å². The summed E-state index contributed by atoms with van der Waals surface area (Å²) in [4.78, 5) is 10.0. The first kappa shape index (κ1) is 8.71. The highest BCUT2D eigenvalue weighted by Crippen LogP contribution is 2.18. The first-order valence-corrected chi connectivity index (χ1v) is 3.82. The third-order valence-electron chi connectivity index (χ3n) is 1.31. The first-order valence-electron chi connectivity index (χ1n) is 3.82. The molecule has 0 spiro atoms. The molecule has 0 aromatic heterocycles. The maximum atomic E-state index is 10.0. The minimum atomic E-state index is 0.153. The van der Waals surface area contributed by atoms with E-state index in [4.69, 9.17) is 4.74 Å². The molecule has 0 unspecified atom stereocenters. The molecule has 0 atom stereocenters. The van der Waals surface area contributed by atoms with Gasteiger partial charge in [0.25, 0.3) is 0 Å². The summed E-state index contributed by atoms with van der Waals surface area (Å²) >= 11 is 0. The van der Waals surface area contributed by atoms with E-state index in [1.54, 1.807) is 24.3 Å². The van der Waals surface area contributed by atoms with Crippen LogP contribution in [0.5, 0.6) is 5.75 Å². The van der Waals surface area contributed by atoms with Crippen molar-refractivity contribution < 1.29 is 4.74 Å². The van der Waals surface area contributed by atoms with Gasteiger partial charge in [0.15, 0.2) is 0 Å². The van der Waals surface area contributed by atoms with Gasteiger partial charge >= 0.3 is 0 Å². The fourth-order valence-corrected chi connectivity index (χ4v) is 0.858. The predicted molar refractivity (Wildman–Crippen MR) is 47.7 cm³/mol. The van der Waals surface area contributed by atoms with Gasteiger partial charge in [-0.1, -0.05) is 0 Å². The molecule has 0 amide bonds. The van der Waals surface area contributed by atoms with Crippen LogP contribution in [0.4, 0.5) is 5.69 Å². The number of rotatable bonds is 3. The van der Waals surface area contributed by atoms with Gasteiger partial charge in [0.05, 0.1) is 6.10 Å². The van der Waals surface area contributed by atoms with Crippen LogP contribution in [0.1, 0.15) is 13.8 Å². The Morgan fingerprint density at radius 3 is 2.25 bits per heavy atom. The molecule has 0 aliphatic carbocycles. The Balaban J connectivity index is 2.71. The summed E-state index contributed by atoms with van der Waals surface area (Å²) in [5.41, 5.74) is 0.422. The van der Waals surface area contributed by atoms with E-state index in [2.05, 4.69) is 5.18 Å². The van der Waals surface area contributed by atoms with Crippen molar-refractivity contribution in [1.82, 2.24) is 0 Å². The lowest BCUT2D eigenvalue weighted by atomic mass is 10.3. The van der Waals surface area contributed by atoms with E-state index in [1.165, 1.54) is 0 Å². The molecule has 1 rings (SSSR count). The van der Waals surface area contributed by atoms with E-state index in [-0.39, 0.29) is 6.10 Å². The average Bonchev–Trinajstić information content (AvgIpc) is 2.05. The van der Waals surface area contributed by atoms with Gasteiger partial charge in [-0.2, -0.15) is 0 Å². The van der Waals surface area contributed by atoms with Crippen molar-refractivity contribution in [1.29, 1.82) is 0 Å². The monoisotopic (exact) mass is 165 g/mol. The Morgan fingerprint density at radius 2 is 1.83 bits per heavy atom. The van der Waals surface area contributed by atoms with Gasteiger partial charge in [-0.15, -0.1) is 4.91 Å². The van der Waals surface area contributed by atoms with Gasteiger partial charge < -0.3 is 4.74 Å². The molecule has 0 saturated carbocycles. The first-order chi connectivity index (χ1) is 5.72. The molecule has 0 aliphatic rings. The van der Waals surface area contributed by atoms with Crippen LogP contribution < -0.4 is 4.74 Å². The normalized spacial score (nSPS) is 9.92. The maximum absolute atomic E-state index is 10.0. The van der Waals surface area contributed by atoms with Crippen molar-refractivity contribution in [3.05, 3.63) is 29.2 Å². The van der Waals surface area contributed by atoms with Crippen molar-refractivity contribution in [2.24, 2.45) is 5.18 Å². The summed E-state index contributed by atoms with van der Waals surface area (Å²) < 4.78 is 5.37. The molecule has 64 valence electrons. The van der Waals surface area contributed by atoms with Gasteiger partial charge in [-0.05, 0) is 43.3 Å². The zero-order valence-electron chi connectivity index (χ0n) is 7.15. The van der Waals surface area contributed by atoms with Crippen LogP contribution in [0.25, 0.3) is 0 Å². The van der Waals surface area contributed by atoms with Crippen LogP contribution in [-0.2, 0) is 0 Å². The van der Waals surface area contributed by atoms with Crippen LogP contribution in [0.15, 0.2) is 29.4 Å². The van der Waals surface area contributed by atoms with Crippen molar-refractivity contribution in [3.63, 3.8) is 0 Å². The van der Waals surface area contributed by atoms with Crippen LogP contribution >= 0.6 is 0 Å². The average molecular weight is 165 g/mol. The lowest BCUT2D eigenvalue weighted by Gasteiger charge is -2.08. The standard InChI is InChI=1S/C9H11NO2/c1-7(2)12-9-5-3-8(10-11)4-6-9/h3-7H,1-2H3. The second-order valence-electron chi connectivity index (χ2n) is 2.75. The fourth-order valence-electron chi connectivity index (χ4n) is 0.858. The Hall–Kier alpha value is -1.38. The largest absolute Gasteiger partial charge is 0.491 e. The second-order valence-corrected chi connectivity index (χ2v) is 2.75. The molecule has 1 aromatic carbocycles. The second kappa shape index (κ2) is 3.85. The summed E-state index contributed by atoms with van der Waals surface area (Å²) in [5, 5.41) is 2.79. The van der Waals surface area contributed by atoms with E-state index < -0.39 is 0 Å². The van der Waals surface area contributed by atoms with Crippen LogP contribution in [0, 0.1) is 4.91 Å². The fraction of sp³-hybridized carbons (Fsp3) is 0.333. The van der Waals surface area contributed by atoms with Gasteiger partial charge in [0.1, 0.15) is 11.4 Å². The molecular formula is C9H11NO2. The third kappa shape index (κ3) is 2.34. The minimum absolute atomic E-state index is 0.153. The Labute approximate surface area is 71.3 Å². The van der Waals surface area contributed by atoms with Gasteiger partial charge in [0, 0.05) is 0 Å². The highest BCUT2D eigenvalue weighted by molar-refractivity contribution is 5.40. The molecule has 0 bridgehead atoms. The van der Waals surface area contributed by atoms with Gasteiger partial charge in [-0.25, -0.2) is 0 Å². The molecule has 0 N–H and O–H groups in total. The molecule has 0 heterocycles. The summed E-state index contributed by atoms with van der Waals surface area (Å²) in [6.07, 6.45) is 0.153. The molecule has 0 fully saturated rings. The summed E-state index contributed by atoms with van der Waals surface area (Å²) in [7, 11) is 0. The lowest BCUT2D eigenvalue weighted by Crippen LogP contribution is -2.04. The Bertz CT molecular complexity index is 254. The van der Waals surface area contributed by atoms with Crippen LogP contribution in [0.3, 0.4) is 0 Å². The number of nitrogens with zero attached hydrogens (tertiary/aromatic N) is 1. The molecule has 0 aliphatic heterocycles. The summed E-state index contributed by atoms with van der Waals surface area (Å²) in [6, 6.07) is 6.73. The number of benzene rings is 1. The zero-order valence-corrected chi connectivity index (χ0v) is 7.15. The highest BCUT2D eigenvalue weighted by Gasteiger charge is 1.96. The van der Waals surface area contributed by atoms with Crippen molar-refractivity contribution in [2.75, 3.05) is 0 Å². The van der Waals surface area contributed by atoms with Crippen LogP contribution in [0.2, 0.25) is 0 Å². The molecule has 12 heavy (non-hydrogen) atoms. The van der Waals surface area contributed by atoms with Crippen LogP contribution in [-0.4, -0.2) is 6.10 Å². The van der Waals surface area contributed by atoms with Crippen molar-refractivity contribution in [3.8, 4) is 5.75 Å². The maximum Gasteiger partial charge on any atom is 0.119 e. The van der Waals surface area contributed by atoms with Gasteiger partial charge in [-0.3, -0.25) is 0 Å². The van der Waals surface area contributed by atoms with E-state index >= 15 is 0 Å². The molecular weight excluding hydrogens is 154 g/mol. The molecule has 1 aromatic rings. The SMILES string of the molecule is CC(C)Oc1ccc(N=O)cc1. The van der Waals surface area contributed by atoms with E-state index in [0.29, 0.717) is 5.69 Å². The number of ether oxygens (including phenoxy) is 1. The minimum Gasteiger partial charge on any atom is -0.491 e. The van der Waals surface area contributed by atoms with Gasteiger partial charge in [0.2, 0.25) is 0 Å². The summed E-state index contributed by atoms with van der Waals surface area (Å²) in [6.45, 7) is 3.90. The predicted octanol–water partition coefficient (Wildman–Crippen LogP) is 2.87. The Kier molecular flexibility index (Phi) is 2.80. The molecule has 3 nitrogen and oxygen atoms in total. The quantitative estimate of drug-likeness (QED) is 0.646. The van der Waals surface area contributed by atoms with E-state index in [9.17, 15) is 4.91 Å². The number of nitroso groups, excluding NO2 is 1.